The predicted octanol–water partition coefficient (Wildman–Crippen LogP) is 2.10. The number of benzene rings is 1. The fourth-order valence-electron chi connectivity index (χ4n) is 2.64. The SMILES string of the molecule is O=C1Cc2cc(C(=O)NCCC3CCC3)ccc2N1. The second-order valence-corrected chi connectivity index (χ2v) is 5.44. The van der Waals surface area contributed by atoms with Gasteiger partial charge in [0.25, 0.3) is 5.91 Å². The van der Waals surface area contributed by atoms with Crippen LogP contribution in [0.2, 0.25) is 0 Å². The number of fused-ring (bicyclic) bond motifs is 1. The van der Waals surface area contributed by atoms with Crippen LogP contribution in [0.25, 0.3) is 0 Å². The smallest absolute Gasteiger partial charge is 0.251 e. The molecule has 3 rings (SSSR count). The van der Waals surface area contributed by atoms with Crippen LogP contribution in [0.3, 0.4) is 0 Å². The third-order valence-electron chi connectivity index (χ3n) is 4.06. The van der Waals surface area contributed by atoms with Crippen LogP contribution in [0, 0.1) is 5.92 Å². The van der Waals surface area contributed by atoms with Crippen LogP contribution in [-0.2, 0) is 11.2 Å². The van der Waals surface area contributed by atoms with Gasteiger partial charge in [-0.25, -0.2) is 0 Å². The number of hydrogen-bond acceptors (Lipinski definition) is 2. The summed E-state index contributed by atoms with van der Waals surface area (Å²) < 4.78 is 0. The highest BCUT2D eigenvalue weighted by Crippen LogP contribution is 2.28. The summed E-state index contributed by atoms with van der Waals surface area (Å²) >= 11 is 0. The van der Waals surface area contributed by atoms with E-state index in [2.05, 4.69) is 10.6 Å². The Morgan fingerprint density at radius 2 is 2.21 bits per heavy atom. The quantitative estimate of drug-likeness (QED) is 0.869. The third-order valence-corrected chi connectivity index (χ3v) is 4.06. The van der Waals surface area contributed by atoms with Gasteiger partial charge in [-0.3, -0.25) is 9.59 Å². The molecule has 0 bridgehead atoms. The zero-order valence-electron chi connectivity index (χ0n) is 10.9. The maximum Gasteiger partial charge on any atom is 0.251 e. The van der Waals surface area contributed by atoms with Gasteiger partial charge in [-0.1, -0.05) is 19.3 Å². The van der Waals surface area contributed by atoms with Crippen molar-refractivity contribution >= 4 is 17.5 Å². The highest BCUT2D eigenvalue weighted by molar-refractivity contribution is 6.01. The van der Waals surface area contributed by atoms with Gasteiger partial charge >= 0.3 is 0 Å². The number of amides is 2. The number of carbonyl (C=O) groups is 2. The van der Waals surface area contributed by atoms with Crippen LogP contribution in [0.5, 0.6) is 0 Å². The lowest BCUT2D eigenvalue weighted by Crippen LogP contribution is -2.27. The number of nitrogens with one attached hydrogen (secondary N) is 2. The van der Waals surface area contributed by atoms with Crippen LogP contribution >= 0.6 is 0 Å². The Morgan fingerprint density at radius 1 is 1.37 bits per heavy atom. The standard InChI is InChI=1S/C15H18N2O2/c18-14-9-12-8-11(4-5-13(12)17-14)15(19)16-7-6-10-2-1-3-10/h4-5,8,10H,1-3,6-7,9H2,(H,16,19)(H,17,18). The lowest BCUT2D eigenvalue weighted by atomic mass is 9.83. The van der Waals surface area contributed by atoms with Crippen molar-refractivity contribution < 1.29 is 9.59 Å². The van der Waals surface area contributed by atoms with E-state index in [0.29, 0.717) is 12.0 Å². The summed E-state index contributed by atoms with van der Waals surface area (Å²) in [6.45, 7) is 0.748. The summed E-state index contributed by atoms with van der Waals surface area (Å²) in [4.78, 5) is 23.3. The summed E-state index contributed by atoms with van der Waals surface area (Å²) in [7, 11) is 0. The zero-order chi connectivity index (χ0) is 13.2. The molecule has 0 saturated heterocycles. The van der Waals surface area contributed by atoms with E-state index in [1.54, 1.807) is 12.1 Å². The highest BCUT2D eigenvalue weighted by atomic mass is 16.2. The minimum atomic E-state index is -0.0403. The minimum absolute atomic E-state index is 0.00228. The second-order valence-electron chi connectivity index (χ2n) is 5.44. The molecule has 2 amide bonds. The van der Waals surface area contributed by atoms with Crippen molar-refractivity contribution in [2.75, 3.05) is 11.9 Å². The largest absolute Gasteiger partial charge is 0.352 e. The first kappa shape index (κ1) is 12.2. The van der Waals surface area contributed by atoms with E-state index in [1.807, 2.05) is 6.07 Å². The van der Waals surface area contributed by atoms with Crippen molar-refractivity contribution in [2.24, 2.45) is 5.92 Å². The van der Waals surface area contributed by atoms with Gasteiger partial charge in [0.2, 0.25) is 5.91 Å². The molecule has 1 saturated carbocycles. The summed E-state index contributed by atoms with van der Waals surface area (Å²) in [5.41, 5.74) is 2.39. The Bertz CT molecular complexity index is 521. The first-order valence-electron chi connectivity index (χ1n) is 6.93. The van der Waals surface area contributed by atoms with Crippen molar-refractivity contribution in [2.45, 2.75) is 32.1 Å². The van der Waals surface area contributed by atoms with Crippen LogP contribution in [0.1, 0.15) is 41.6 Å². The van der Waals surface area contributed by atoms with E-state index in [4.69, 9.17) is 0 Å². The molecule has 1 aliphatic heterocycles. The Hall–Kier alpha value is -1.84. The normalized spacial score (nSPS) is 17.6. The fraction of sp³-hybridized carbons (Fsp3) is 0.467. The topological polar surface area (TPSA) is 58.2 Å². The lowest BCUT2D eigenvalue weighted by Gasteiger charge is -2.25. The number of hydrogen-bond donors (Lipinski definition) is 2. The van der Waals surface area contributed by atoms with Crippen molar-refractivity contribution in [3.63, 3.8) is 0 Å². The maximum atomic E-state index is 12.0. The molecule has 0 unspecified atom stereocenters. The molecule has 0 spiro atoms. The Morgan fingerprint density at radius 3 is 2.95 bits per heavy atom. The zero-order valence-corrected chi connectivity index (χ0v) is 10.9. The number of carbonyl (C=O) groups excluding carboxylic acids is 2. The average Bonchev–Trinajstić information content (AvgIpc) is 2.70. The van der Waals surface area contributed by atoms with Crippen molar-refractivity contribution in [3.05, 3.63) is 29.3 Å². The van der Waals surface area contributed by atoms with E-state index < -0.39 is 0 Å². The molecule has 100 valence electrons. The van der Waals surface area contributed by atoms with Crippen molar-refractivity contribution in [1.29, 1.82) is 0 Å². The Kier molecular flexibility index (Phi) is 3.23. The molecule has 4 nitrogen and oxygen atoms in total. The van der Waals surface area contributed by atoms with E-state index in [0.717, 1.165) is 30.1 Å². The van der Waals surface area contributed by atoms with Gasteiger partial charge in [0.15, 0.2) is 0 Å². The van der Waals surface area contributed by atoms with Gasteiger partial charge in [0, 0.05) is 17.8 Å². The van der Waals surface area contributed by atoms with Crippen molar-refractivity contribution in [1.82, 2.24) is 5.32 Å². The van der Waals surface area contributed by atoms with E-state index in [1.165, 1.54) is 19.3 Å². The molecule has 1 aromatic rings. The van der Waals surface area contributed by atoms with Crippen LogP contribution in [-0.4, -0.2) is 18.4 Å². The second kappa shape index (κ2) is 5.03. The van der Waals surface area contributed by atoms with Gasteiger partial charge in [-0.05, 0) is 36.1 Å². The monoisotopic (exact) mass is 258 g/mol. The van der Waals surface area contributed by atoms with E-state index in [-0.39, 0.29) is 11.8 Å². The molecule has 2 N–H and O–H groups in total. The minimum Gasteiger partial charge on any atom is -0.352 e. The molecule has 1 aromatic carbocycles. The molecular weight excluding hydrogens is 240 g/mol. The third kappa shape index (κ3) is 2.62. The summed E-state index contributed by atoms with van der Waals surface area (Å²) in [6.07, 6.45) is 5.41. The molecule has 2 aliphatic rings. The molecule has 19 heavy (non-hydrogen) atoms. The highest BCUT2D eigenvalue weighted by Gasteiger charge is 2.20. The molecule has 0 atom stereocenters. The van der Waals surface area contributed by atoms with E-state index in [9.17, 15) is 9.59 Å². The van der Waals surface area contributed by atoms with Gasteiger partial charge in [-0.15, -0.1) is 0 Å². The van der Waals surface area contributed by atoms with Crippen LogP contribution < -0.4 is 10.6 Å². The molecule has 1 aliphatic carbocycles. The first-order valence-corrected chi connectivity index (χ1v) is 6.93. The van der Waals surface area contributed by atoms with Crippen molar-refractivity contribution in [3.8, 4) is 0 Å². The average molecular weight is 258 g/mol. The fourth-order valence-corrected chi connectivity index (χ4v) is 2.64. The predicted molar refractivity (Wildman–Crippen MR) is 73.1 cm³/mol. The molecule has 1 heterocycles. The van der Waals surface area contributed by atoms with E-state index >= 15 is 0 Å². The molecule has 0 radical (unpaired) electrons. The van der Waals surface area contributed by atoms with Gasteiger partial charge in [0.1, 0.15) is 0 Å². The molecule has 0 aromatic heterocycles. The van der Waals surface area contributed by atoms with Gasteiger partial charge < -0.3 is 10.6 Å². The van der Waals surface area contributed by atoms with Crippen LogP contribution in [0.4, 0.5) is 5.69 Å². The summed E-state index contributed by atoms with van der Waals surface area (Å²) in [5, 5.41) is 5.72. The number of anilines is 1. The van der Waals surface area contributed by atoms with Crippen LogP contribution in [0.15, 0.2) is 18.2 Å². The summed E-state index contributed by atoms with van der Waals surface area (Å²) in [5.74, 6) is 0.765. The Labute approximate surface area is 112 Å². The molecule has 4 heteroatoms. The van der Waals surface area contributed by atoms with Gasteiger partial charge in [-0.2, -0.15) is 0 Å². The molecule has 1 fully saturated rings. The molecular formula is C15H18N2O2. The summed E-state index contributed by atoms with van der Waals surface area (Å²) in [6, 6.07) is 5.39. The Balaban J connectivity index is 1.57. The first-order chi connectivity index (χ1) is 9.22. The number of rotatable bonds is 4. The van der Waals surface area contributed by atoms with Gasteiger partial charge in [0.05, 0.1) is 6.42 Å². The lowest BCUT2D eigenvalue weighted by molar-refractivity contribution is -0.115. The maximum absolute atomic E-state index is 12.0.